The second-order valence-electron chi connectivity index (χ2n) is 4.90. The maximum Gasteiger partial charge on any atom is 0.0652 e. The van der Waals surface area contributed by atoms with Gasteiger partial charge in [0.1, 0.15) is 0 Å². The summed E-state index contributed by atoms with van der Waals surface area (Å²) in [5.74, 6) is 0.453. The molecule has 0 heterocycles. The van der Waals surface area contributed by atoms with E-state index in [-0.39, 0.29) is 6.04 Å². The maximum atomic E-state index is 6.22. The molecule has 3 heteroatoms. The minimum absolute atomic E-state index is 0.222. The summed E-state index contributed by atoms with van der Waals surface area (Å²) >= 11 is 12.1. The molecule has 100 valence electrons. The van der Waals surface area contributed by atoms with E-state index >= 15 is 0 Å². The number of halogens is 2. The Bertz CT molecular complexity index is 538. The summed E-state index contributed by atoms with van der Waals surface area (Å²) in [6, 6.07) is 16.1. The number of hydrogen-bond donors (Lipinski definition) is 1. The lowest BCUT2D eigenvalue weighted by molar-refractivity contribution is 0.546. The van der Waals surface area contributed by atoms with Crippen LogP contribution in [0.3, 0.4) is 0 Å². The number of hydrogen-bond acceptors (Lipinski definition) is 1. The van der Waals surface area contributed by atoms with Crippen molar-refractivity contribution >= 4 is 28.9 Å². The molecule has 0 bridgehead atoms. The van der Waals surface area contributed by atoms with Gasteiger partial charge in [0, 0.05) is 5.02 Å². The van der Waals surface area contributed by atoms with Crippen LogP contribution in [-0.2, 0) is 0 Å². The third kappa shape index (κ3) is 3.65. The van der Waals surface area contributed by atoms with Crippen LogP contribution in [0.25, 0.3) is 0 Å². The molecule has 19 heavy (non-hydrogen) atoms. The molecular formula is C16H17Cl2N. The third-order valence-electron chi connectivity index (χ3n) is 3.07. The fraction of sp³-hybridized carbons (Fsp3) is 0.250. The highest BCUT2D eigenvalue weighted by molar-refractivity contribution is 6.36. The molecule has 2 aromatic rings. The lowest BCUT2D eigenvalue weighted by Gasteiger charge is -2.24. The van der Waals surface area contributed by atoms with E-state index in [1.54, 1.807) is 6.07 Å². The average Bonchev–Trinajstić information content (AvgIpc) is 2.38. The first-order chi connectivity index (χ1) is 9.08. The van der Waals surface area contributed by atoms with Crippen LogP contribution in [0.15, 0.2) is 48.5 Å². The molecule has 2 aromatic carbocycles. The Balaban J connectivity index is 2.27. The van der Waals surface area contributed by atoms with Crippen molar-refractivity contribution in [1.82, 2.24) is 0 Å². The van der Waals surface area contributed by atoms with Gasteiger partial charge in [0.05, 0.1) is 16.8 Å². The van der Waals surface area contributed by atoms with E-state index in [2.05, 4.69) is 43.4 Å². The van der Waals surface area contributed by atoms with E-state index in [1.807, 2.05) is 18.2 Å². The van der Waals surface area contributed by atoms with Gasteiger partial charge in [0.25, 0.3) is 0 Å². The molecule has 0 saturated heterocycles. The smallest absolute Gasteiger partial charge is 0.0652 e. The first kappa shape index (κ1) is 14.2. The maximum absolute atomic E-state index is 6.22. The van der Waals surface area contributed by atoms with Gasteiger partial charge < -0.3 is 5.32 Å². The molecule has 0 aliphatic rings. The van der Waals surface area contributed by atoms with Crippen LogP contribution >= 0.6 is 23.2 Å². The van der Waals surface area contributed by atoms with Gasteiger partial charge >= 0.3 is 0 Å². The van der Waals surface area contributed by atoms with E-state index in [9.17, 15) is 0 Å². The van der Waals surface area contributed by atoms with Crippen molar-refractivity contribution in [2.75, 3.05) is 5.32 Å². The van der Waals surface area contributed by atoms with E-state index in [0.29, 0.717) is 16.0 Å². The molecule has 0 fully saturated rings. The van der Waals surface area contributed by atoms with Crippen LogP contribution in [0.5, 0.6) is 0 Å². The van der Waals surface area contributed by atoms with Crippen LogP contribution in [0.4, 0.5) is 5.69 Å². The van der Waals surface area contributed by atoms with Gasteiger partial charge in [-0.3, -0.25) is 0 Å². The molecule has 0 saturated carbocycles. The molecule has 2 rings (SSSR count). The standard InChI is InChI=1S/C16H17Cl2N/c1-11(2)16(12-6-4-3-5-7-12)19-15-9-8-13(17)10-14(15)18/h3-11,16,19H,1-2H3. The molecule has 1 nitrogen and oxygen atoms in total. The van der Waals surface area contributed by atoms with Gasteiger partial charge in [-0.1, -0.05) is 67.4 Å². The topological polar surface area (TPSA) is 12.0 Å². The summed E-state index contributed by atoms with van der Waals surface area (Å²) in [6.45, 7) is 4.38. The van der Waals surface area contributed by atoms with E-state index in [1.165, 1.54) is 5.56 Å². The lowest BCUT2D eigenvalue weighted by atomic mass is 9.96. The Morgan fingerprint density at radius 1 is 0.947 bits per heavy atom. The summed E-state index contributed by atoms with van der Waals surface area (Å²) < 4.78 is 0. The molecule has 1 N–H and O–H groups in total. The summed E-state index contributed by atoms with van der Waals surface area (Å²) in [4.78, 5) is 0. The third-order valence-corrected chi connectivity index (χ3v) is 3.62. The van der Waals surface area contributed by atoms with Gasteiger partial charge in [0.2, 0.25) is 0 Å². The van der Waals surface area contributed by atoms with E-state index in [4.69, 9.17) is 23.2 Å². The number of nitrogens with one attached hydrogen (secondary N) is 1. The highest BCUT2D eigenvalue weighted by Gasteiger charge is 2.16. The number of rotatable bonds is 4. The van der Waals surface area contributed by atoms with Gasteiger partial charge in [-0.05, 0) is 29.7 Å². The van der Waals surface area contributed by atoms with Crippen molar-refractivity contribution in [3.05, 3.63) is 64.1 Å². The molecular weight excluding hydrogens is 277 g/mol. The van der Waals surface area contributed by atoms with Crippen LogP contribution in [-0.4, -0.2) is 0 Å². The van der Waals surface area contributed by atoms with Gasteiger partial charge in [-0.15, -0.1) is 0 Å². The fourth-order valence-corrected chi connectivity index (χ4v) is 2.53. The second kappa shape index (κ2) is 6.31. The predicted octanol–water partition coefficient (Wildman–Crippen LogP) is 5.80. The first-order valence-electron chi connectivity index (χ1n) is 6.34. The number of benzene rings is 2. The van der Waals surface area contributed by atoms with Crippen molar-refractivity contribution in [3.63, 3.8) is 0 Å². The molecule has 0 amide bonds. The Labute approximate surface area is 124 Å². The summed E-state index contributed by atoms with van der Waals surface area (Å²) in [5, 5.41) is 4.80. The quantitative estimate of drug-likeness (QED) is 0.751. The monoisotopic (exact) mass is 293 g/mol. The Morgan fingerprint density at radius 3 is 2.21 bits per heavy atom. The second-order valence-corrected chi connectivity index (χ2v) is 5.74. The molecule has 0 aliphatic carbocycles. The zero-order chi connectivity index (χ0) is 13.8. The minimum Gasteiger partial charge on any atom is -0.377 e. The molecule has 1 atom stereocenters. The Kier molecular flexibility index (Phi) is 4.73. The van der Waals surface area contributed by atoms with E-state index in [0.717, 1.165) is 5.69 Å². The highest BCUT2D eigenvalue weighted by atomic mass is 35.5. The molecule has 1 unspecified atom stereocenters. The predicted molar refractivity (Wildman–Crippen MR) is 84.1 cm³/mol. The van der Waals surface area contributed by atoms with Gasteiger partial charge in [-0.2, -0.15) is 0 Å². The summed E-state index contributed by atoms with van der Waals surface area (Å²) in [6.07, 6.45) is 0. The van der Waals surface area contributed by atoms with Crippen molar-refractivity contribution in [3.8, 4) is 0 Å². The Morgan fingerprint density at radius 2 is 1.63 bits per heavy atom. The van der Waals surface area contributed by atoms with Crippen molar-refractivity contribution in [2.45, 2.75) is 19.9 Å². The van der Waals surface area contributed by atoms with Crippen molar-refractivity contribution in [1.29, 1.82) is 0 Å². The van der Waals surface area contributed by atoms with E-state index < -0.39 is 0 Å². The SMILES string of the molecule is CC(C)C(Nc1ccc(Cl)cc1Cl)c1ccccc1. The summed E-state index contributed by atoms with van der Waals surface area (Å²) in [7, 11) is 0. The molecule has 0 aromatic heterocycles. The molecule has 0 aliphatic heterocycles. The zero-order valence-corrected chi connectivity index (χ0v) is 12.5. The van der Waals surface area contributed by atoms with Crippen LogP contribution < -0.4 is 5.32 Å². The zero-order valence-electron chi connectivity index (χ0n) is 11.0. The van der Waals surface area contributed by atoms with Crippen molar-refractivity contribution in [2.24, 2.45) is 5.92 Å². The van der Waals surface area contributed by atoms with Crippen LogP contribution in [0.1, 0.15) is 25.5 Å². The van der Waals surface area contributed by atoms with Crippen LogP contribution in [0.2, 0.25) is 10.0 Å². The Hall–Kier alpha value is -1.18. The normalized spacial score (nSPS) is 12.5. The molecule has 0 spiro atoms. The minimum atomic E-state index is 0.222. The lowest BCUT2D eigenvalue weighted by Crippen LogP contribution is -2.16. The van der Waals surface area contributed by atoms with Crippen molar-refractivity contribution < 1.29 is 0 Å². The number of anilines is 1. The van der Waals surface area contributed by atoms with Gasteiger partial charge in [-0.25, -0.2) is 0 Å². The van der Waals surface area contributed by atoms with Gasteiger partial charge in [0.15, 0.2) is 0 Å². The summed E-state index contributed by atoms with van der Waals surface area (Å²) in [5.41, 5.74) is 2.16. The van der Waals surface area contributed by atoms with Crippen LogP contribution in [0, 0.1) is 5.92 Å². The highest BCUT2D eigenvalue weighted by Crippen LogP contribution is 2.31. The fourth-order valence-electron chi connectivity index (χ4n) is 2.07. The first-order valence-corrected chi connectivity index (χ1v) is 7.10. The largest absolute Gasteiger partial charge is 0.377 e. The average molecular weight is 294 g/mol. The molecule has 0 radical (unpaired) electrons.